The van der Waals surface area contributed by atoms with Crippen LogP contribution in [0.5, 0.6) is 0 Å². The molecule has 1 saturated heterocycles. The standard InChI is InChI=1S/C18H23N3O3/c1-3-18(17(23)24)7-5-8-20(12-18)15(22)10-14-11-19-16-13(2)6-4-9-21(14)16/h4,6,9,11H,3,5,7-8,10,12H2,1-2H3,(H,23,24)/t18-/m1/s1. The van der Waals surface area contributed by atoms with Gasteiger partial charge in [0.25, 0.3) is 0 Å². The first-order chi connectivity index (χ1) is 11.5. The predicted molar refractivity (Wildman–Crippen MR) is 89.8 cm³/mol. The third-order valence-corrected chi connectivity index (χ3v) is 5.20. The number of carboxylic acid groups (broad SMARTS) is 1. The quantitative estimate of drug-likeness (QED) is 0.934. The Hall–Kier alpha value is -2.37. The number of hydrogen-bond acceptors (Lipinski definition) is 3. The van der Waals surface area contributed by atoms with Crippen LogP contribution in [0.1, 0.15) is 37.4 Å². The number of aromatic nitrogens is 2. The lowest BCUT2D eigenvalue weighted by molar-refractivity contribution is -0.155. The van der Waals surface area contributed by atoms with Crippen molar-refractivity contribution in [2.45, 2.75) is 39.5 Å². The molecule has 6 nitrogen and oxygen atoms in total. The average Bonchev–Trinajstić information content (AvgIpc) is 2.99. The summed E-state index contributed by atoms with van der Waals surface area (Å²) in [6.45, 7) is 4.80. The molecule has 0 radical (unpaired) electrons. The maximum absolute atomic E-state index is 12.7. The fraction of sp³-hybridized carbons (Fsp3) is 0.500. The summed E-state index contributed by atoms with van der Waals surface area (Å²) < 4.78 is 1.93. The lowest BCUT2D eigenvalue weighted by Crippen LogP contribution is -2.50. The van der Waals surface area contributed by atoms with Gasteiger partial charge in [0.15, 0.2) is 0 Å². The number of likely N-dealkylation sites (tertiary alicyclic amines) is 1. The topological polar surface area (TPSA) is 74.9 Å². The van der Waals surface area contributed by atoms with Gasteiger partial charge in [0, 0.05) is 25.5 Å². The van der Waals surface area contributed by atoms with Gasteiger partial charge in [-0.3, -0.25) is 9.59 Å². The summed E-state index contributed by atoms with van der Waals surface area (Å²) in [6, 6.07) is 3.92. The Kier molecular flexibility index (Phi) is 4.30. The van der Waals surface area contributed by atoms with E-state index < -0.39 is 11.4 Å². The van der Waals surface area contributed by atoms with E-state index in [2.05, 4.69) is 4.98 Å². The highest BCUT2D eigenvalue weighted by molar-refractivity contribution is 5.81. The molecule has 2 aromatic rings. The molecule has 0 spiro atoms. The van der Waals surface area contributed by atoms with Crippen LogP contribution < -0.4 is 0 Å². The van der Waals surface area contributed by atoms with Gasteiger partial charge < -0.3 is 14.4 Å². The number of amides is 1. The minimum absolute atomic E-state index is 0.0305. The molecule has 3 heterocycles. The number of aryl methyl sites for hydroxylation is 1. The average molecular weight is 329 g/mol. The van der Waals surface area contributed by atoms with E-state index in [4.69, 9.17) is 0 Å². The molecule has 1 aliphatic rings. The molecule has 128 valence electrons. The first kappa shape index (κ1) is 16.5. The Morgan fingerprint density at radius 3 is 2.92 bits per heavy atom. The Bertz CT molecular complexity index is 783. The molecule has 0 unspecified atom stereocenters. The summed E-state index contributed by atoms with van der Waals surface area (Å²) >= 11 is 0. The van der Waals surface area contributed by atoms with Crippen LogP contribution in [0.3, 0.4) is 0 Å². The van der Waals surface area contributed by atoms with Gasteiger partial charge in [-0.25, -0.2) is 4.98 Å². The van der Waals surface area contributed by atoms with Gasteiger partial charge in [0.2, 0.25) is 5.91 Å². The third-order valence-electron chi connectivity index (χ3n) is 5.20. The third kappa shape index (κ3) is 2.77. The summed E-state index contributed by atoms with van der Waals surface area (Å²) in [5.74, 6) is -0.829. The molecule has 1 fully saturated rings. The minimum Gasteiger partial charge on any atom is -0.481 e. The first-order valence-electron chi connectivity index (χ1n) is 8.39. The molecule has 0 saturated carbocycles. The number of carbonyl (C=O) groups excluding carboxylic acids is 1. The van der Waals surface area contributed by atoms with Gasteiger partial charge in [-0.05, 0) is 37.8 Å². The summed E-state index contributed by atoms with van der Waals surface area (Å²) in [5.41, 5.74) is 1.95. The number of piperidine rings is 1. The van der Waals surface area contributed by atoms with Gasteiger partial charge in [0.05, 0.1) is 17.5 Å². The first-order valence-corrected chi connectivity index (χ1v) is 8.39. The van der Waals surface area contributed by atoms with Crippen molar-refractivity contribution in [1.82, 2.24) is 14.3 Å². The van der Waals surface area contributed by atoms with Gasteiger partial charge in [0.1, 0.15) is 5.65 Å². The number of aliphatic carboxylic acids is 1. The molecular weight excluding hydrogens is 306 g/mol. The second-order valence-corrected chi connectivity index (χ2v) is 6.67. The van der Waals surface area contributed by atoms with Crippen molar-refractivity contribution >= 4 is 17.5 Å². The molecule has 1 atom stereocenters. The molecule has 2 aromatic heterocycles. The molecule has 0 aromatic carbocycles. The lowest BCUT2D eigenvalue weighted by atomic mass is 9.77. The van der Waals surface area contributed by atoms with E-state index >= 15 is 0 Å². The number of nitrogens with zero attached hydrogens (tertiary/aromatic N) is 3. The van der Waals surface area contributed by atoms with Crippen LogP contribution in [0, 0.1) is 12.3 Å². The Morgan fingerprint density at radius 1 is 1.42 bits per heavy atom. The van der Waals surface area contributed by atoms with Crippen LogP contribution >= 0.6 is 0 Å². The summed E-state index contributed by atoms with van der Waals surface area (Å²) in [6.07, 6.45) is 5.79. The van der Waals surface area contributed by atoms with E-state index in [1.54, 1.807) is 11.1 Å². The van der Waals surface area contributed by atoms with Crippen molar-refractivity contribution < 1.29 is 14.7 Å². The summed E-state index contributed by atoms with van der Waals surface area (Å²) in [7, 11) is 0. The minimum atomic E-state index is -0.802. The number of pyridine rings is 1. The highest BCUT2D eigenvalue weighted by Gasteiger charge is 2.42. The molecule has 0 bridgehead atoms. The van der Waals surface area contributed by atoms with E-state index in [9.17, 15) is 14.7 Å². The van der Waals surface area contributed by atoms with Crippen molar-refractivity contribution in [1.29, 1.82) is 0 Å². The zero-order valence-electron chi connectivity index (χ0n) is 14.2. The molecule has 3 rings (SSSR count). The molecule has 1 amide bonds. The number of imidazole rings is 1. The number of carbonyl (C=O) groups is 2. The highest BCUT2D eigenvalue weighted by atomic mass is 16.4. The number of rotatable bonds is 4. The second-order valence-electron chi connectivity index (χ2n) is 6.67. The smallest absolute Gasteiger partial charge is 0.311 e. The van der Waals surface area contributed by atoms with Crippen molar-refractivity contribution in [3.8, 4) is 0 Å². The van der Waals surface area contributed by atoms with Crippen molar-refractivity contribution in [3.05, 3.63) is 35.8 Å². The van der Waals surface area contributed by atoms with Gasteiger partial charge in [-0.2, -0.15) is 0 Å². The second kappa shape index (κ2) is 6.26. The fourth-order valence-electron chi connectivity index (χ4n) is 3.56. The van der Waals surface area contributed by atoms with Crippen LogP contribution in [0.25, 0.3) is 5.65 Å². The Morgan fingerprint density at radius 2 is 2.21 bits per heavy atom. The number of hydrogen-bond donors (Lipinski definition) is 1. The van der Waals surface area contributed by atoms with Crippen LogP contribution in [-0.4, -0.2) is 44.4 Å². The monoisotopic (exact) mass is 329 g/mol. The maximum atomic E-state index is 12.7. The largest absolute Gasteiger partial charge is 0.481 e. The molecule has 6 heteroatoms. The van der Waals surface area contributed by atoms with E-state index in [1.807, 2.05) is 36.6 Å². The summed E-state index contributed by atoms with van der Waals surface area (Å²) in [4.78, 5) is 30.5. The fourth-order valence-corrected chi connectivity index (χ4v) is 3.56. The van der Waals surface area contributed by atoms with Crippen LogP contribution in [0.4, 0.5) is 0 Å². The van der Waals surface area contributed by atoms with E-state index in [1.165, 1.54) is 0 Å². The van der Waals surface area contributed by atoms with Crippen LogP contribution in [-0.2, 0) is 16.0 Å². The van der Waals surface area contributed by atoms with Gasteiger partial charge in [-0.15, -0.1) is 0 Å². The zero-order valence-corrected chi connectivity index (χ0v) is 14.2. The SMILES string of the molecule is CC[C@@]1(C(=O)O)CCCN(C(=O)Cc2cnc3c(C)cccn23)C1. The van der Waals surface area contributed by atoms with Crippen molar-refractivity contribution in [2.75, 3.05) is 13.1 Å². The van der Waals surface area contributed by atoms with E-state index in [-0.39, 0.29) is 12.3 Å². The van der Waals surface area contributed by atoms with Gasteiger partial charge in [-0.1, -0.05) is 13.0 Å². The molecule has 0 aliphatic carbocycles. The Balaban J connectivity index is 1.79. The lowest BCUT2D eigenvalue weighted by Gasteiger charge is -2.39. The molecule has 1 N–H and O–H groups in total. The van der Waals surface area contributed by atoms with E-state index in [0.717, 1.165) is 23.3 Å². The van der Waals surface area contributed by atoms with Crippen LogP contribution in [0.2, 0.25) is 0 Å². The van der Waals surface area contributed by atoms with Gasteiger partial charge >= 0.3 is 5.97 Å². The maximum Gasteiger partial charge on any atom is 0.311 e. The molecule has 24 heavy (non-hydrogen) atoms. The normalized spacial score (nSPS) is 21.2. The highest BCUT2D eigenvalue weighted by Crippen LogP contribution is 2.34. The van der Waals surface area contributed by atoms with Crippen molar-refractivity contribution in [2.24, 2.45) is 5.41 Å². The number of fused-ring (bicyclic) bond motifs is 1. The van der Waals surface area contributed by atoms with Crippen LogP contribution in [0.15, 0.2) is 24.5 Å². The number of carboxylic acids is 1. The van der Waals surface area contributed by atoms with E-state index in [0.29, 0.717) is 25.9 Å². The summed E-state index contributed by atoms with van der Waals surface area (Å²) in [5, 5.41) is 9.56. The zero-order chi connectivity index (χ0) is 17.3. The molecule has 1 aliphatic heterocycles. The molecular formula is C18H23N3O3. The predicted octanol–water partition coefficient (Wildman–Crippen LogP) is 2.29. The Labute approximate surface area is 141 Å². The van der Waals surface area contributed by atoms with Crippen molar-refractivity contribution in [3.63, 3.8) is 0 Å².